The Labute approximate surface area is 124 Å². The fourth-order valence-corrected chi connectivity index (χ4v) is 3.79. The highest BCUT2D eigenvalue weighted by molar-refractivity contribution is 7.13. The summed E-state index contributed by atoms with van der Waals surface area (Å²) in [5.74, 6) is 0.323. The first-order valence-electron chi connectivity index (χ1n) is 7.34. The van der Waals surface area contributed by atoms with Crippen LogP contribution < -0.4 is 10.2 Å². The first-order chi connectivity index (χ1) is 9.69. The smallest absolute Gasteiger partial charge is 0.229 e. The topological polar surface area (TPSA) is 48.5 Å². The molecule has 110 valence electrons. The number of rotatable bonds is 2. The lowest BCUT2D eigenvalue weighted by atomic mass is 9.81. The van der Waals surface area contributed by atoms with Crippen LogP contribution in [0.5, 0.6) is 0 Å². The van der Waals surface area contributed by atoms with Crippen LogP contribution in [0.15, 0.2) is 11.6 Å². The van der Waals surface area contributed by atoms with E-state index in [1.807, 2.05) is 16.5 Å². The summed E-state index contributed by atoms with van der Waals surface area (Å²) in [5, 5.41) is 6.43. The number of anilines is 1. The van der Waals surface area contributed by atoms with Crippen molar-refractivity contribution in [3.63, 3.8) is 0 Å². The molecule has 1 unspecified atom stereocenters. The minimum absolute atomic E-state index is 0.207. The second-order valence-electron chi connectivity index (χ2n) is 5.93. The molecule has 0 spiro atoms. The minimum Gasteiger partial charge on any atom is -0.345 e. The number of piperazine rings is 1. The molecule has 1 N–H and O–H groups in total. The van der Waals surface area contributed by atoms with Crippen molar-refractivity contribution < 1.29 is 4.79 Å². The third-order valence-electron chi connectivity index (χ3n) is 4.37. The molecule has 5 nitrogen and oxygen atoms in total. The van der Waals surface area contributed by atoms with Crippen molar-refractivity contribution in [2.75, 3.05) is 44.2 Å². The van der Waals surface area contributed by atoms with Gasteiger partial charge in [0.05, 0.1) is 5.41 Å². The first-order valence-corrected chi connectivity index (χ1v) is 8.22. The highest BCUT2D eigenvalue weighted by Gasteiger charge is 2.38. The molecular formula is C14H22N4OS. The molecule has 3 rings (SSSR count). The van der Waals surface area contributed by atoms with Gasteiger partial charge in [-0.3, -0.25) is 4.79 Å². The van der Waals surface area contributed by atoms with Crippen LogP contribution in [0.4, 0.5) is 5.13 Å². The zero-order valence-electron chi connectivity index (χ0n) is 12.0. The van der Waals surface area contributed by atoms with Gasteiger partial charge in [0, 0.05) is 44.3 Å². The number of carbonyl (C=O) groups excluding carboxylic acids is 1. The average Bonchev–Trinajstić information content (AvgIpc) is 3.02. The Bertz CT molecular complexity index is 448. The second kappa shape index (κ2) is 5.69. The van der Waals surface area contributed by atoms with Crippen LogP contribution in [0, 0.1) is 5.41 Å². The van der Waals surface area contributed by atoms with Crippen molar-refractivity contribution in [2.24, 2.45) is 5.41 Å². The molecule has 2 saturated heterocycles. The lowest BCUT2D eigenvalue weighted by Gasteiger charge is -2.41. The van der Waals surface area contributed by atoms with Crippen molar-refractivity contribution >= 4 is 22.4 Å². The van der Waals surface area contributed by atoms with Crippen molar-refractivity contribution in [1.29, 1.82) is 0 Å². The molecule has 1 amide bonds. The Morgan fingerprint density at radius 2 is 2.20 bits per heavy atom. The van der Waals surface area contributed by atoms with Crippen LogP contribution in [-0.2, 0) is 4.79 Å². The molecule has 0 bridgehead atoms. The summed E-state index contributed by atoms with van der Waals surface area (Å²) in [5.41, 5.74) is -0.207. The maximum absolute atomic E-state index is 12.7. The number of carbonyl (C=O) groups is 1. The normalized spacial score (nSPS) is 27.6. The molecular weight excluding hydrogens is 272 g/mol. The third-order valence-corrected chi connectivity index (χ3v) is 5.20. The number of hydrogen-bond donors (Lipinski definition) is 1. The SMILES string of the molecule is CC1(C(=O)N2CCN(c3nccs3)CC2)CCCNC1. The van der Waals surface area contributed by atoms with Gasteiger partial charge in [0.1, 0.15) is 0 Å². The van der Waals surface area contributed by atoms with E-state index in [1.165, 1.54) is 0 Å². The van der Waals surface area contributed by atoms with Crippen molar-refractivity contribution in [2.45, 2.75) is 19.8 Å². The van der Waals surface area contributed by atoms with E-state index < -0.39 is 0 Å². The Balaban J connectivity index is 1.59. The minimum atomic E-state index is -0.207. The predicted octanol–water partition coefficient (Wildman–Crippen LogP) is 1.18. The second-order valence-corrected chi connectivity index (χ2v) is 6.81. The van der Waals surface area contributed by atoms with Gasteiger partial charge in [0.2, 0.25) is 5.91 Å². The lowest BCUT2D eigenvalue weighted by Crippen LogP contribution is -2.55. The van der Waals surface area contributed by atoms with Gasteiger partial charge in [-0.05, 0) is 26.3 Å². The van der Waals surface area contributed by atoms with Crippen LogP contribution in [0.2, 0.25) is 0 Å². The van der Waals surface area contributed by atoms with Gasteiger partial charge in [-0.1, -0.05) is 0 Å². The first kappa shape index (κ1) is 13.8. The highest BCUT2D eigenvalue weighted by Crippen LogP contribution is 2.29. The van der Waals surface area contributed by atoms with Gasteiger partial charge in [-0.2, -0.15) is 0 Å². The largest absolute Gasteiger partial charge is 0.345 e. The summed E-state index contributed by atoms with van der Waals surface area (Å²) in [6.07, 6.45) is 3.94. The standard InChI is InChI=1S/C14H22N4OS/c1-14(3-2-4-15-11-14)12(19)17-6-8-18(9-7-17)13-16-5-10-20-13/h5,10,15H,2-4,6-9,11H2,1H3. The third kappa shape index (κ3) is 2.67. The molecule has 1 aromatic rings. The summed E-state index contributed by atoms with van der Waals surface area (Å²) in [6.45, 7) is 7.38. The van der Waals surface area contributed by atoms with Crippen molar-refractivity contribution in [3.8, 4) is 0 Å². The zero-order chi connectivity index (χ0) is 14.0. The van der Waals surface area contributed by atoms with Crippen molar-refractivity contribution in [1.82, 2.24) is 15.2 Å². The van der Waals surface area contributed by atoms with E-state index in [-0.39, 0.29) is 5.41 Å². The summed E-state index contributed by atoms with van der Waals surface area (Å²) < 4.78 is 0. The molecule has 20 heavy (non-hydrogen) atoms. The zero-order valence-corrected chi connectivity index (χ0v) is 12.8. The average molecular weight is 294 g/mol. The number of nitrogens with one attached hydrogen (secondary N) is 1. The van der Waals surface area contributed by atoms with E-state index in [1.54, 1.807) is 11.3 Å². The van der Waals surface area contributed by atoms with Gasteiger partial charge in [-0.15, -0.1) is 11.3 Å². The van der Waals surface area contributed by atoms with Crippen molar-refractivity contribution in [3.05, 3.63) is 11.6 Å². The van der Waals surface area contributed by atoms with E-state index in [0.29, 0.717) is 5.91 Å². The van der Waals surface area contributed by atoms with Gasteiger partial charge < -0.3 is 15.1 Å². The highest BCUT2D eigenvalue weighted by atomic mass is 32.1. The molecule has 1 atom stereocenters. The molecule has 0 radical (unpaired) electrons. The van der Waals surface area contributed by atoms with E-state index in [2.05, 4.69) is 22.1 Å². The van der Waals surface area contributed by atoms with Gasteiger partial charge >= 0.3 is 0 Å². The molecule has 2 aliphatic rings. The Morgan fingerprint density at radius 1 is 1.40 bits per heavy atom. The van der Waals surface area contributed by atoms with Gasteiger partial charge in [-0.25, -0.2) is 4.98 Å². The van der Waals surface area contributed by atoms with Crippen LogP contribution in [0.1, 0.15) is 19.8 Å². The van der Waals surface area contributed by atoms with E-state index in [4.69, 9.17) is 0 Å². The van der Waals surface area contributed by atoms with E-state index in [0.717, 1.165) is 57.2 Å². The number of thiazole rings is 1. The fourth-order valence-electron chi connectivity index (χ4n) is 3.09. The Kier molecular flexibility index (Phi) is 3.94. The molecule has 1 aromatic heterocycles. The maximum atomic E-state index is 12.7. The lowest BCUT2D eigenvalue weighted by molar-refractivity contribution is -0.142. The van der Waals surface area contributed by atoms with E-state index >= 15 is 0 Å². The monoisotopic (exact) mass is 294 g/mol. The van der Waals surface area contributed by atoms with E-state index in [9.17, 15) is 4.79 Å². The number of hydrogen-bond acceptors (Lipinski definition) is 5. The number of aromatic nitrogens is 1. The Morgan fingerprint density at radius 3 is 2.80 bits per heavy atom. The van der Waals surface area contributed by atoms with Gasteiger partial charge in [0.25, 0.3) is 0 Å². The number of piperidine rings is 1. The molecule has 0 saturated carbocycles. The molecule has 2 aliphatic heterocycles. The summed E-state index contributed by atoms with van der Waals surface area (Å²) >= 11 is 1.67. The number of amides is 1. The summed E-state index contributed by atoms with van der Waals surface area (Å²) in [6, 6.07) is 0. The Hall–Kier alpha value is -1.14. The van der Waals surface area contributed by atoms with Crippen LogP contribution >= 0.6 is 11.3 Å². The van der Waals surface area contributed by atoms with Crippen LogP contribution in [0.25, 0.3) is 0 Å². The maximum Gasteiger partial charge on any atom is 0.229 e. The quantitative estimate of drug-likeness (QED) is 0.890. The van der Waals surface area contributed by atoms with Crippen LogP contribution in [-0.4, -0.2) is 55.1 Å². The predicted molar refractivity (Wildman–Crippen MR) is 81.1 cm³/mol. The molecule has 2 fully saturated rings. The molecule has 6 heteroatoms. The summed E-state index contributed by atoms with van der Waals surface area (Å²) in [4.78, 5) is 21.4. The number of nitrogens with zero attached hydrogens (tertiary/aromatic N) is 3. The molecule has 3 heterocycles. The van der Waals surface area contributed by atoms with Crippen LogP contribution in [0.3, 0.4) is 0 Å². The molecule has 0 aliphatic carbocycles. The fraction of sp³-hybridized carbons (Fsp3) is 0.714. The molecule has 0 aromatic carbocycles. The van der Waals surface area contributed by atoms with Gasteiger partial charge in [0.15, 0.2) is 5.13 Å². The summed E-state index contributed by atoms with van der Waals surface area (Å²) in [7, 11) is 0.